The van der Waals surface area contributed by atoms with Crippen LogP contribution in [-0.4, -0.2) is 28.4 Å². The van der Waals surface area contributed by atoms with Gasteiger partial charge in [0.2, 0.25) is 0 Å². The average Bonchev–Trinajstić information content (AvgIpc) is 3.30. The van der Waals surface area contributed by atoms with Crippen LogP contribution in [0.2, 0.25) is 0 Å². The minimum atomic E-state index is -0.868. The van der Waals surface area contributed by atoms with Gasteiger partial charge in [-0.25, -0.2) is 0 Å². The predicted octanol–water partition coefficient (Wildman–Crippen LogP) is 7.69. The van der Waals surface area contributed by atoms with Crippen molar-refractivity contribution in [1.29, 1.82) is 0 Å². The minimum Gasteiger partial charge on any atom is -0.493 e. The lowest BCUT2D eigenvalue weighted by molar-refractivity contribution is -0.137. The van der Waals surface area contributed by atoms with Crippen LogP contribution in [-0.2, 0) is 11.4 Å². The molecule has 0 fully saturated rings. The smallest absolute Gasteiger partial charge is 0.304 e. The first-order chi connectivity index (χ1) is 18.6. The van der Waals surface area contributed by atoms with E-state index in [1.165, 1.54) is 15.6 Å². The maximum atomic E-state index is 11.2. The van der Waals surface area contributed by atoms with Crippen molar-refractivity contribution in [2.24, 2.45) is 0 Å². The van der Waals surface area contributed by atoms with Crippen LogP contribution in [0.1, 0.15) is 56.2 Å². The Hall–Kier alpha value is -3.44. The number of carboxylic acids is 1. The Bertz CT molecular complexity index is 1500. The van der Waals surface area contributed by atoms with Crippen LogP contribution in [0.4, 0.5) is 0 Å². The normalized spacial score (nSPS) is 11.7. The number of aliphatic hydroxyl groups is 1. The maximum Gasteiger partial charge on any atom is 0.304 e. The minimum absolute atomic E-state index is 0. The molecule has 0 aliphatic rings. The molecule has 0 radical (unpaired) electrons. The molecule has 2 N–H and O–H groups in total. The zero-order chi connectivity index (χ0) is 28.0. The Morgan fingerprint density at radius 3 is 2.38 bits per heavy atom. The summed E-state index contributed by atoms with van der Waals surface area (Å²) < 4.78 is 13.1. The van der Waals surface area contributed by atoms with Crippen molar-refractivity contribution in [3.63, 3.8) is 0 Å². The zero-order valence-electron chi connectivity index (χ0n) is 23.3. The third-order valence-corrected chi connectivity index (χ3v) is 7.46. The average molecular weight is 577 g/mol. The Morgan fingerprint density at radius 1 is 1.00 bits per heavy atom. The summed E-state index contributed by atoms with van der Waals surface area (Å²) in [6.45, 7) is 8.26. The molecule has 3 aromatic carbocycles. The number of rotatable bonds is 11. The fourth-order valence-corrected chi connectivity index (χ4v) is 5.33. The maximum absolute atomic E-state index is 11.2. The van der Waals surface area contributed by atoms with Gasteiger partial charge in [-0.2, -0.15) is 13.5 Å². The van der Waals surface area contributed by atoms with Gasteiger partial charge in [-0.3, -0.25) is 4.79 Å². The number of carboxylic acid groups (broad SMARTS) is 1. The predicted molar refractivity (Wildman–Crippen MR) is 168 cm³/mol. The van der Waals surface area contributed by atoms with E-state index in [9.17, 15) is 9.90 Å². The number of carbonyl (C=O) groups is 1. The van der Waals surface area contributed by atoms with Crippen molar-refractivity contribution in [2.45, 2.75) is 58.7 Å². The van der Waals surface area contributed by atoms with Gasteiger partial charge >= 0.3 is 5.97 Å². The van der Waals surface area contributed by atoms with Gasteiger partial charge in [-0.05, 0) is 91.7 Å². The lowest BCUT2D eigenvalue weighted by atomic mass is 9.96. The van der Waals surface area contributed by atoms with E-state index in [1.807, 2.05) is 36.4 Å². The number of aryl methyl sites for hydroxylation is 1. The zero-order valence-corrected chi connectivity index (χ0v) is 25.1. The van der Waals surface area contributed by atoms with E-state index in [4.69, 9.17) is 14.6 Å². The molecule has 7 heteroatoms. The van der Waals surface area contributed by atoms with Gasteiger partial charge < -0.3 is 19.7 Å². The summed E-state index contributed by atoms with van der Waals surface area (Å²) in [6.07, 6.45) is 0.540. The highest BCUT2D eigenvalue weighted by Gasteiger charge is 2.15. The van der Waals surface area contributed by atoms with Crippen LogP contribution in [0.15, 0.2) is 66.0 Å². The third kappa shape index (κ3) is 8.28. The lowest BCUT2D eigenvalue weighted by Gasteiger charge is -2.17. The molecule has 0 amide bonds. The van der Waals surface area contributed by atoms with Gasteiger partial charge in [0.05, 0.1) is 24.5 Å². The van der Waals surface area contributed by atoms with E-state index in [2.05, 4.69) is 48.4 Å². The summed E-state index contributed by atoms with van der Waals surface area (Å²) in [5.41, 5.74) is 4.67. The van der Waals surface area contributed by atoms with E-state index in [0.29, 0.717) is 19.6 Å². The van der Waals surface area contributed by atoms with Crippen molar-refractivity contribution in [3.05, 3.63) is 82.7 Å². The van der Waals surface area contributed by atoms with E-state index >= 15 is 0 Å². The second-order valence-electron chi connectivity index (χ2n) is 10.3. The summed E-state index contributed by atoms with van der Waals surface area (Å²) in [5, 5.41) is 22.5. The Balaban J connectivity index is 0.00000441. The fourth-order valence-electron chi connectivity index (χ4n) is 4.39. The van der Waals surface area contributed by atoms with Gasteiger partial charge in [0.25, 0.3) is 0 Å². The molecule has 4 aromatic rings. The highest BCUT2D eigenvalue weighted by atomic mass is 32.1. The fraction of sp³-hybridized carbons (Fsp3) is 0.303. The first-order valence-corrected chi connectivity index (χ1v) is 13.8. The van der Waals surface area contributed by atoms with Gasteiger partial charge in [-0.15, -0.1) is 17.3 Å². The summed E-state index contributed by atoms with van der Waals surface area (Å²) in [4.78, 5) is 11.2. The van der Waals surface area contributed by atoms with Crippen LogP contribution in [0, 0.1) is 18.8 Å². The van der Waals surface area contributed by atoms with Crippen molar-refractivity contribution in [2.75, 3.05) is 6.61 Å². The molecule has 0 bridgehead atoms. The molecular formula is C33H36O5S2. The number of thiophene rings is 1. The first-order valence-electron chi connectivity index (χ1n) is 13.0. The van der Waals surface area contributed by atoms with E-state index in [1.54, 1.807) is 32.1 Å². The first kappa shape index (κ1) is 31.1. The molecule has 1 atom stereocenters. The standard InChI is InChI=1S/C33H34O5S.H2S/c1-5-6-25(19-32(34)35)24-8-10-26(11-9-24)38-20-23-7-14-31-29(18-23)30(21-39-31)28-13-12-27(17-22(28)2)37-16-15-33(3,4)36;/h7-14,17-18,21,25,36H,15-16,19-20H2,1-4H3,(H,34,35);1H2/t25-;/m0./s1. The number of benzene rings is 3. The van der Waals surface area contributed by atoms with Crippen LogP contribution in [0.25, 0.3) is 21.2 Å². The van der Waals surface area contributed by atoms with Crippen LogP contribution >= 0.6 is 24.8 Å². The highest BCUT2D eigenvalue weighted by molar-refractivity contribution is 7.59. The van der Waals surface area contributed by atoms with Crippen LogP contribution in [0.3, 0.4) is 0 Å². The largest absolute Gasteiger partial charge is 0.493 e. The number of hydrogen-bond acceptors (Lipinski definition) is 5. The molecule has 1 aromatic heterocycles. The van der Waals surface area contributed by atoms with Crippen molar-refractivity contribution in [3.8, 4) is 34.5 Å². The van der Waals surface area contributed by atoms with Crippen molar-refractivity contribution in [1.82, 2.24) is 0 Å². The summed E-state index contributed by atoms with van der Waals surface area (Å²) >= 11 is 1.72. The molecule has 40 heavy (non-hydrogen) atoms. The van der Waals surface area contributed by atoms with Crippen LogP contribution < -0.4 is 9.47 Å². The van der Waals surface area contributed by atoms with Crippen molar-refractivity contribution < 1.29 is 24.5 Å². The number of fused-ring (bicyclic) bond motifs is 1. The van der Waals surface area contributed by atoms with E-state index in [0.717, 1.165) is 33.8 Å². The van der Waals surface area contributed by atoms with E-state index in [-0.39, 0.29) is 25.8 Å². The summed E-state index contributed by atoms with van der Waals surface area (Å²) in [5.74, 6) is 6.12. The molecule has 4 rings (SSSR count). The molecule has 0 aliphatic carbocycles. The Labute approximate surface area is 247 Å². The van der Waals surface area contributed by atoms with Gasteiger partial charge in [0.15, 0.2) is 0 Å². The summed E-state index contributed by atoms with van der Waals surface area (Å²) in [6, 6.07) is 20.0. The van der Waals surface area contributed by atoms with Gasteiger partial charge in [0.1, 0.15) is 18.1 Å². The molecule has 0 aliphatic heterocycles. The monoisotopic (exact) mass is 576 g/mol. The Morgan fingerprint density at radius 2 is 1.73 bits per heavy atom. The molecule has 5 nitrogen and oxygen atoms in total. The lowest BCUT2D eigenvalue weighted by Crippen LogP contribution is -2.21. The molecule has 210 valence electrons. The topological polar surface area (TPSA) is 76.0 Å². The molecular weight excluding hydrogens is 540 g/mol. The molecule has 0 unspecified atom stereocenters. The molecule has 0 saturated carbocycles. The highest BCUT2D eigenvalue weighted by Crippen LogP contribution is 2.37. The SMILES string of the molecule is CC#C[C@@H](CC(=O)O)c1ccc(OCc2ccc3scc(-c4ccc(OCCC(C)(C)O)cc4C)c3c2)cc1.S. The second kappa shape index (κ2) is 13.8. The van der Waals surface area contributed by atoms with Gasteiger partial charge in [-0.1, -0.05) is 30.2 Å². The quantitative estimate of drug-likeness (QED) is 0.179. The molecule has 1 heterocycles. The van der Waals surface area contributed by atoms with E-state index < -0.39 is 11.6 Å². The van der Waals surface area contributed by atoms with Gasteiger partial charge in [0, 0.05) is 22.1 Å². The third-order valence-electron chi connectivity index (χ3n) is 6.49. The second-order valence-corrected chi connectivity index (χ2v) is 11.2. The van der Waals surface area contributed by atoms with Crippen molar-refractivity contribution >= 4 is 40.9 Å². The van der Waals surface area contributed by atoms with Crippen LogP contribution in [0.5, 0.6) is 11.5 Å². The molecule has 0 saturated heterocycles. The number of hydrogen-bond donors (Lipinski definition) is 2. The molecule has 0 spiro atoms. The number of aliphatic carboxylic acids is 1. The number of ether oxygens (including phenoxy) is 2. The summed E-state index contributed by atoms with van der Waals surface area (Å²) in [7, 11) is 0. The Kier molecular flexibility index (Phi) is 10.7.